The van der Waals surface area contributed by atoms with Gasteiger partial charge in [0.15, 0.2) is 0 Å². The zero-order valence-electron chi connectivity index (χ0n) is 28.6. The number of rotatable bonds is 28. The molecule has 18 heteroatoms. The van der Waals surface area contributed by atoms with E-state index in [0.717, 1.165) is 19.3 Å². The fourth-order valence-electron chi connectivity index (χ4n) is 4.55. The van der Waals surface area contributed by atoms with Gasteiger partial charge in [0.1, 0.15) is 12.1 Å². The molecular formula is C29H63N13O5. The van der Waals surface area contributed by atoms with Crippen molar-refractivity contribution >= 4 is 29.5 Å². The normalized spacial score (nSPS) is 14.0. The van der Waals surface area contributed by atoms with Gasteiger partial charge in [-0.2, -0.15) is 0 Å². The van der Waals surface area contributed by atoms with Crippen molar-refractivity contribution in [2.24, 2.45) is 34.5 Å². The average molecular weight is 674 g/mol. The summed E-state index contributed by atoms with van der Waals surface area (Å²) in [6, 6.07) is -2.87. The first-order chi connectivity index (χ1) is 22.3. The molecule has 0 aliphatic heterocycles. The summed E-state index contributed by atoms with van der Waals surface area (Å²) in [4.78, 5) is 62.8. The number of carbonyl (C=O) groups excluding carboxylic acids is 5. The van der Waals surface area contributed by atoms with Gasteiger partial charge in [0.05, 0.1) is 12.1 Å². The molecule has 0 aromatic rings. The molecule has 0 aromatic heterocycles. The molecule has 18 nitrogen and oxygen atoms in total. The van der Waals surface area contributed by atoms with Gasteiger partial charge < -0.3 is 27.0 Å². The van der Waals surface area contributed by atoms with Crippen LogP contribution in [0.5, 0.6) is 0 Å². The van der Waals surface area contributed by atoms with E-state index >= 15 is 0 Å². The molecule has 5 amide bonds. The topological polar surface area (TPSA) is 312 Å². The van der Waals surface area contributed by atoms with Crippen LogP contribution in [0.4, 0.5) is 0 Å². The van der Waals surface area contributed by atoms with E-state index in [4.69, 9.17) is 29.1 Å². The van der Waals surface area contributed by atoms with Crippen molar-refractivity contribution in [3.8, 4) is 0 Å². The Bertz CT molecular complexity index is 919. The molecule has 0 fully saturated rings. The Morgan fingerprint density at radius 2 is 0.894 bits per heavy atom. The standard InChI is InChI=1S/C29H63N13O5/c1-29(2,3)28(47)40-20(24(30)43)12-4-8-16-35-25(44)21(39-27(46)23(42-34)15-7-11-19-38-32)13-5-9-17-36-26(45)22(41-33)14-6-10-18-37-31/h20-23,37-38,41-42H,4-19,31-34H2,1-3H3,(H2,30,43)(H,35,44)(H,36,45)(H,39,46)(H,40,47). The summed E-state index contributed by atoms with van der Waals surface area (Å²) in [5, 5.41) is 11.2. The number of nitrogens with one attached hydrogen (secondary N) is 8. The Labute approximate surface area is 279 Å². The molecule has 0 aliphatic carbocycles. The SMILES string of the molecule is CC(C)(C)C(=O)NC(CCCCNC(=O)C(CCCCNC(=O)C(CCCCNN)NN)NC(=O)C(CCCCNN)NN)C(N)=O. The van der Waals surface area contributed by atoms with E-state index in [2.05, 4.69) is 43.0 Å². The third-order valence-electron chi connectivity index (χ3n) is 7.56. The first-order valence-corrected chi connectivity index (χ1v) is 16.6. The minimum absolute atomic E-state index is 0.214. The summed E-state index contributed by atoms with van der Waals surface area (Å²) in [6.45, 7) is 7.13. The summed E-state index contributed by atoms with van der Waals surface area (Å²) in [6.07, 6.45) is 6.84. The molecule has 274 valence electrons. The van der Waals surface area contributed by atoms with Gasteiger partial charge in [0, 0.05) is 31.6 Å². The van der Waals surface area contributed by atoms with Crippen molar-refractivity contribution in [2.45, 2.75) is 122 Å². The Balaban J connectivity index is 5.04. The highest BCUT2D eigenvalue weighted by atomic mass is 16.2. The molecule has 0 aliphatic rings. The van der Waals surface area contributed by atoms with Crippen LogP contribution in [0, 0.1) is 5.41 Å². The number of nitrogens with two attached hydrogens (primary N) is 5. The van der Waals surface area contributed by atoms with E-state index in [9.17, 15) is 24.0 Å². The lowest BCUT2D eigenvalue weighted by Gasteiger charge is -2.23. The fourth-order valence-corrected chi connectivity index (χ4v) is 4.55. The molecule has 0 saturated heterocycles. The predicted octanol–water partition coefficient (Wildman–Crippen LogP) is -3.01. The zero-order chi connectivity index (χ0) is 35.7. The Morgan fingerprint density at radius 1 is 0.511 bits per heavy atom. The maximum Gasteiger partial charge on any atom is 0.242 e. The molecule has 0 rings (SSSR count). The molecule has 0 heterocycles. The number of unbranched alkanes of at least 4 members (excludes halogenated alkanes) is 4. The number of hydrogen-bond acceptors (Lipinski definition) is 13. The molecule has 47 heavy (non-hydrogen) atoms. The quantitative estimate of drug-likeness (QED) is 0.0224. The van der Waals surface area contributed by atoms with Gasteiger partial charge in [0.25, 0.3) is 0 Å². The van der Waals surface area contributed by atoms with E-state index in [1.807, 2.05) is 0 Å². The molecule has 0 bridgehead atoms. The minimum atomic E-state index is -0.834. The van der Waals surface area contributed by atoms with Crippen molar-refractivity contribution in [1.82, 2.24) is 43.0 Å². The lowest BCUT2D eigenvalue weighted by Crippen LogP contribution is -2.54. The highest BCUT2D eigenvalue weighted by molar-refractivity contribution is 5.90. The first-order valence-electron chi connectivity index (χ1n) is 16.6. The molecule has 0 spiro atoms. The lowest BCUT2D eigenvalue weighted by atomic mass is 9.94. The first kappa shape index (κ1) is 44.0. The van der Waals surface area contributed by atoms with Gasteiger partial charge in [-0.25, -0.2) is 10.9 Å². The van der Waals surface area contributed by atoms with Crippen LogP contribution in [0.15, 0.2) is 0 Å². The van der Waals surface area contributed by atoms with Gasteiger partial charge in [0.2, 0.25) is 29.5 Å². The molecule has 4 unspecified atom stereocenters. The number of primary amides is 1. The molecule has 0 radical (unpaired) electrons. The summed E-state index contributed by atoms with van der Waals surface area (Å²) >= 11 is 0. The highest BCUT2D eigenvalue weighted by Gasteiger charge is 2.27. The second kappa shape index (κ2) is 26.0. The zero-order valence-corrected chi connectivity index (χ0v) is 28.6. The summed E-state index contributed by atoms with van der Waals surface area (Å²) in [7, 11) is 0. The maximum atomic E-state index is 13.2. The Hall–Kier alpha value is -2.97. The van der Waals surface area contributed by atoms with Crippen molar-refractivity contribution in [1.29, 1.82) is 0 Å². The molecule has 0 aromatic carbocycles. The monoisotopic (exact) mass is 674 g/mol. The summed E-state index contributed by atoms with van der Waals surface area (Å²) in [5.74, 6) is 19.9. The van der Waals surface area contributed by atoms with E-state index in [-0.39, 0.29) is 17.7 Å². The van der Waals surface area contributed by atoms with Crippen LogP contribution in [0.2, 0.25) is 0 Å². The van der Waals surface area contributed by atoms with Crippen molar-refractivity contribution in [3.05, 3.63) is 0 Å². The van der Waals surface area contributed by atoms with Crippen LogP contribution in [-0.4, -0.2) is 79.9 Å². The lowest BCUT2D eigenvalue weighted by molar-refractivity contribution is -0.132. The van der Waals surface area contributed by atoms with E-state index in [1.54, 1.807) is 20.8 Å². The average Bonchev–Trinajstić information content (AvgIpc) is 3.02. The van der Waals surface area contributed by atoms with E-state index in [0.29, 0.717) is 84.0 Å². The third-order valence-corrected chi connectivity index (χ3v) is 7.56. The molecule has 4 atom stereocenters. The van der Waals surface area contributed by atoms with Crippen LogP contribution in [0.25, 0.3) is 0 Å². The number of hydrogen-bond donors (Lipinski definition) is 13. The second-order valence-electron chi connectivity index (χ2n) is 12.7. The summed E-state index contributed by atoms with van der Waals surface area (Å²) in [5.41, 5.74) is 15.0. The number of amides is 5. The van der Waals surface area contributed by atoms with Gasteiger partial charge in [-0.3, -0.25) is 58.2 Å². The molecule has 18 N–H and O–H groups in total. The van der Waals surface area contributed by atoms with E-state index < -0.39 is 41.4 Å². The van der Waals surface area contributed by atoms with Gasteiger partial charge in [-0.05, 0) is 77.0 Å². The fraction of sp³-hybridized carbons (Fsp3) is 0.828. The van der Waals surface area contributed by atoms with Crippen LogP contribution >= 0.6 is 0 Å². The van der Waals surface area contributed by atoms with E-state index in [1.165, 1.54) is 0 Å². The Kier molecular flexibility index (Phi) is 24.4. The van der Waals surface area contributed by atoms with Crippen molar-refractivity contribution < 1.29 is 24.0 Å². The highest BCUT2D eigenvalue weighted by Crippen LogP contribution is 2.14. The minimum Gasteiger partial charge on any atom is -0.368 e. The Morgan fingerprint density at radius 3 is 1.30 bits per heavy atom. The molecule has 0 saturated carbocycles. The second-order valence-corrected chi connectivity index (χ2v) is 12.7. The predicted molar refractivity (Wildman–Crippen MR) is 181 cm³/mol. The molecular weight excluding hydrogens is 610 g/mol. The van der Waals surface area contributed by atoms with Crippen LogP contribution in [0.3, 0.4) is 0 Å². The van der Waals surface area contributed by atoms with Crippen LogP contribution in [-0.2, 0) is 24.0 Å². The largest absolute Gasteiger partial charge is 0.368 e. The van der Waals surface area contributed by atoms with Gasteiger partial charge >= 0.3 is 0 Å². The van der Waals surface area contributed by atoms with Gasteiger partial charge in [-0.1, -0.05) is 20.8 Å². The number of hydrazine groups is 4. The maximum absolute atomic E-state index is 13.2. The van der Waals surface area contributed by atoms with Crippen LogP contribution < -0.4 is 72.1 Å². The van der Waals surface area contributed by atoms with Crippen molar-refractivity contribution in [3.63, 3.8) is 0 Å². The van der Waals surface area contributed by atoms with Crippen LogP contribution in [0.1, 0.15) is 97.8 Å². The van der Waals surface area contributed by atoms with Crippen molar-refractivity contribution in [2.75, 3.05) is 26.2 Å². The summed E-state index contributed by atoms with van der Waals surface area (Å²) < 4.78 is 0. The van der Waals surface area contributed by atoms with Gasteiger partial charge in [-0.15, -0.1) is 0 Å². The third kappa shape index (κ3) is 20.8. The number of carbonyl (C=O) groups is 5. The smallest absolute Gasteiger partial charge is 0.242 e.